The van der Waals surface area contributed by atoms with Crippen LogP contribution in [0.4, 0.5) is 0 Å². The molecule has 0 radical (unpaired) electrons. The molecule has 1 aliphatic rings. The number of carbonyl (C=O) groups excluding carboxylic acids is 1. The fraction of sp³-hybridized carbons (Fsp3) is 0.211. The van der Waals surface area contributed by atoms with E-state index in [4.69, 9.17) is 20.9 Å². The van der Waals surface area contributed by atoms with Gasteiger partial charge in [-0.15, -0.1) is 0 Å². The van der Waals surface area contributed by atoms with Crippen molar-refractivity contribution in [1.82, 2.24) is 15.0 Å². The molecule has 0 bridgehead atoms. The van der Waals surface area contributed by atoms with Crippen molar-refractivity contribution in [2.24, 2.45) is 0 Å². The van der Waals surface area contributed by atoms with Gasteiger partial charge in [-0.05, 0) is 36.4 Å². The van der Waals surface area contributed by atoms with Gasteiger partial charge in [0.25, 0.3) is 5.91 Å². The van der Waals surface area contributed by atoms with Crippen LogP contribution in [0.15, 0.2) is 53.1 Å². The maximum Gasteiger partial charge on any atom is 0.253 e. The average molecular weight is 370 g/mol. The summed E-state index contributed by atoms with van der Waals surface area (Å²) in [5.74, 6) is 1.81. The number of aromatic nitrogens is 2. The number of benzene rings is 2. The van der Waals surface area contributed by atoms with Gasteiger partial charge in [0.1, 0.15) is 5.75 Å². The zero-order chi connectivity index (χ0) is 18.1. The highest BCUT2D eigenvalue weighted by molar-refractivity contribution is 6.30. The Kier molecular flexibility index (Phi) is 4.34. The third kappa shape index (κ3) is 3.15. The molecule has 3 aromatic rings. The van der Waals surface area contributed by atoms with E-state index in [0.717, 1.165) is 11.3 Å². The van der Waals surface area contributed by atoms with Gasteiger partial charge in [0.15, 0.2) is 0 Å². The zero-order valence-electron chi connectivity index (χ0n) is 14.1. The molecular formula is C19H16ClN3O3. The molecule has 7 heteroatoms. The first-order valence-corrected chi connectivity index (χ1v) is 8.54. The first-order chi connectivity index (χ1) is 12.6. The van der Waals surface area contributed by atoms with E-state index in [2.05, 4.69) is 10.1 Å². The van der Waals surface area contributed by atoms with Crippen LogP contribution < -0.4 is 4.74 Å². The Hall–Kier alpha value is -2.86. The lowest BCUT2D eigenvalue weighted by Crippen LogP contribution is -2.48. The van der Waals surface area contributed by atoms with Gasteiger partial charge in [0.2, 0.25) is 11.7 Å². The second-order valence-corrected chi connectivity index (χ2v) is 6.54. The summed E-state index contributed by atoms with van der Waals surface area (Å²) >= 11 is 6.00. The minimum Gasteiger partial charge on any atom is -0.497 e. The van der Waals surface area contributed by atoms with E-state index in [1.165, 1.54) is 0 Å². The van der Waals surface area contributed by atoms with Crippen molar-refractivity contribution in [3.8, 4) is 17.1 Å². The fourth-order valence-corrected chi connectivity index (χ4v) is 3.05. The first-order valence-electron chi connectivity index (χ1n) is 8.17. The highest BCUT2D eigenvalue weighted by atomic mass is 35.5. The van der Waals surface area contributed by atoms with E-state index in [-0.39, 0.29) is 11.8 Å². The van der Waals surface area contributed by atoms with Crippen LogP contribution >= 0.6 is 11.6 Å². The smallest absolute Gasteiger partial charge is 0.253 e. The molecule has 0 aliphatic carbocycles. The summed E-state index contributed by atoms with van der Waals surface area (Å²) in [5.41, 5.74) is 1.44. The lowest BCUT2D eigenvalue weighted by molar-refractivity contribution is 0.0569. The summed E-state index contributed by atoms with van der Waals surface area (Å²) in [6.07, 6.45) is 0. The van der Waals surface area contributed by atoms with Crippen LogP contribution in [-0.4, -0.2) is 41.1 Å². The SMILES string of the molecule is COc1ccc(C(=O)N2CC(c3nc(-c4cccc(Cl)c4)no3)C2)cc1. The van der Waals surface area contributed by atoms with Crippen LogP contribution in [0.1, 0.15) is 22.2 Å². The lowest BCUT2D eigenvalue weighted by atomic mass is 9.98. The molecule has 6 nitrogen and oxygen atoms in total. The normalized spacial score (nSPS) is 14.2. The average Bonchev–Trinajstić information content (AvgIpc) is 3.10. The highest BCUT2D eigenvalue weighted by Gasteiger charge is 2.36. The van der Waals surface area contributed by atoms with Crippen molar-refractivity contribution in [2.75, 3.05) is 20.2 Å². The Morgan fingerprint density at radius 1 is 1.23 bits per heavy atom. The number of likely N-dealkylation sites (tertiary alicyclic amines) is 1. The third-order valence-corrected chi connectivity index (χ3v) is 4.61. The first kappa shape index (κ1) is 16.6. The molecule has 1 fully saturated rings. The van der Waals surface area contributed by atoms with Crippen molar-refractivity contribution in [3.63, 3.8) is 0 Å². The molecule has 2 aromatic carbocycles. The van der Waals surface area contributed by atoms with Crippen LogP contribution in [0, 0.1) is 0 Å². The van der Waals surface area contributed by atoms with Crippen molar-refractivity contribution < 1.29 is 14.1 Å². The molecule has 0 saturated carbocycles. The van der Waals surface area contributed by atoms with Gasteiger partial charge in [-0.1, -0.05) is 28.9 Å². The number of nitrogens with zero attached hydrogens (tertiary/aromatic N) is 3. The summed E-state index contributed by atoms with van der Waals surface area (Å²) in [7, 11) is 1.60. The molecule has 1 aromatic heterocycles. The lowest BCUT2D eigenvalue weighted by Gasteiger charge is -2.37. The number of halogens is 1. The molecule has 132 valence electrons. The summed E-state index contributed by atoms with van der Waals surface area (Å²) in [4.78, 5) is 18.7. The quantitative estimate of drug-likeness (QED) is 0.702. The topological polar surface area (TPSA) is 68.5 Å². The zero-order valence-corrected chi connectivity index (χ0v) is 14.8. The van der Waals surface area contributed by atoms with Gasteiger partial charge in [0.05, 0.1) is 13.0 Å². The van der Waals surface area contributed by atoms with Gasteiger partial charge in [-0.3, -0.25) is 4.79 Å². The van der Waals surface area contributed by atoms with E-state index in [1.54, 1.807) is 48.4 Å². The van der Waals surface area contributed by atoms with Gasteiger partial charge >= 0.3 is 0 Å². The molecule has 0 atom stereocenters. The third-order valence-electron chi connectivity index (χ3n) is 4.38. The molecule has 0 N–H and O–H groups in total. The largest absolute Gasteiger partial charge is 0.497 e. The van der Waals surface area contributed by atoms with E-state index in [0.29, 0.717) is 35.4 Å². The molecule has 0 spiro atoms. The maximum absolute atomic E-state index is 12.5. The minimum absolute atomic E-state index is 0.0153. The van der Waals surface area contributed by atoms with Gasteiger partial charge in [-0.2, -0.15) is 4.98 Å². The van der Waals surface area contributed by atoms with Crippen LogP contribution in [-0.2, 0) is 0 Å². The van der Waals surface area contributed by atoms with Crippen LogP contribution in [0.5, 0.6) is 5.75 Å². The monoisotopic (exact) mass is 369 g/mol. The second-order valence-electron chi connectivity index (χ2n) is 6.10. The van der Waals surface area contributed by atoms with Gasteiger partial charge < -0.3 is 14.2 Å². The van der Waals surface area contributed by atoms with Crippen LogP contribution in [0.25, 0.3) is 11.4 Å². The maximum atomic E-state index is 12.5. The standard InChI is InChI=1S/C19H16ClN3O3/c1-25-16-7-5-12(6-8-16)19(24)23-10-14(11-23)18-21-17(22-26-18)13-3-2-4-15(20)9-13/h2-9,14H,10-11H2,1H3. The Morgan fingerprint density at radius 3 is 2.69 bits per heavy atom. The minimum atomic E-state index is -0.0153. The molecule has 1 aliphatic heterocycles. The van der Waals surface area contributed by atoms with E-state index in [1.807, 2.05) is 12.1 Å². The van der Waals surface area contributed by atoms with Gasteiger partial charge in [0, 0.05) is 29.2 Å². The fourth-order valence-electron chi connectivity index (χ4n) is 2.86. The number of amides is 1. The molecule has 2 heterocycles. The Balaban J connectivity index is 1.41. The van der Waals surface area contributed by atoms with Crippen molar-refractivity contribution in [1.29, 1.82) is 0 Å². The van der Waals surface area contributed by atoms with Gasteiger partial charge in [-0.25, -0.2) is 0 Å². The Bertz CT molecular complexity index is 933. The number of rotatable bonds is 4. The van der Waals surface area contributed by atoms with Crippen molar-refractivity contribution in [3.05, 3.63) is 65.0 Å². The number of hydrogen-bond donors (Lipinski definition) is 0. The highest BCUT2D eigenvalue weighted by Crippen LogP contribution is 2.29. The summed E-state index contributed by atoms with van der Waals surface area (Å²) in [5, 5.41) is 4.63. The van der Waals surface area contributed by atoms with Crippen molar-refractivity contribution >= 4 is 17.5 Å². The molecule has 1 amide bonds. The number of carbonyl (C=O) groups is 1. The Labute approximate surface area is 155 Å². The summed E-state index contributed by atoms with van der Waals surface area (Å²) in [6, 6.07) is 14.4. The van der Waals surface area contributed by atoms with Crippen LogP contribution in [0.2, 0.25) is 5.02 Å². The van der Waals surface area contributed by atoms with E-state index in [9.17, 15) is 4.79 Å². The summed E-state index contributed by atoms with van der Waals surface area (Å²) in [6.45, 7) is 1.12. The summed E-state index contributed by atoms with van der Waals surface area (Å²) < 4.78 is 10.5. The predicted molar refractivity (Wildman–Crippen MR) is 96.4 cm³/mol. The molecule has 0 unspecified atom stereocenters. The number of ether oxygens (including phenoxy) is 1. The number of hydrogen-bond acceptors (Lipinski definition) is 5. The van der Waals surface area contributed by atoms with Crippen molar-refractivity contribution in [2.45, 2.75) is 5.92 Å². The molecule has 1 saturated heterocycles. The second kappa shape index (κ2) is 6.80. The predicted octanol–water partition coefficient (Wildman–Crippen LogP) is 3.64. The Morgan fingerprint density at radius 2 is 2.00 bits per heavy atom. The van der Waals surface area contributed by atoms with Crippen LogP contribution in [0.3, 0.4) is 0 Å². The molecule has 4 rings (SSSR count). The molecule has 26 heavy (non-hydrogen) atoms. The molecular weight excluding hydrogens is 354 g/mol. The van der Waals surface area contributed by atoms with E-state index < -0.39 is 0 Å². The number of methoxy groups -OCH3 is 1. The van der Waals surface area contributed by atoms with E-state index >= 15 is 0 Å².